The summed E-state index contributed by atoms with van der Waals surface area (Å²) >= 11 is 0. The smallest absolute Gasteiger partial charge is 0.337 e. The Labute approximate surface area is 188 Å². The molecule has 33 heavy (non-hydrogen) atoms. The fraction of sp³-hybridized carbons (Fsp3) is 0.333. The van der Waals surface area contributed by atoms with Crippen LogP contribution in [-0.2, 0) is 0 Å². The summed E-state index contributed by atoms with van der Waals surface area (Å²) in [6.45, 7) is 1.88. The Bertz CT molecular complexity index is 1300. The van der Waals surface area contributed by atoms with Crippen molar-refractivity contribution in [3.05, 3.63) is 59.7 Å². The second-order valence-corrected chi connectivity index (χ2v) is 8.50. The average molecular weight is 453 g/mol. The summed E-state index contributed by atoms with van der Waals surface area (Å²) in [4.78, 5) is 24.8. The molecule has 5 rings (SSSR count). The molecule has 0 amide bonds. The maximum atomic E-state index is 13.3. The lowest BCUT2D eigenvalue weighted by atomic mass is 9.80. The van der Waals surface area contributed by atoms with E-state index in [9.17, 15) is 18.0 Å². The molecular weight excluding hydrogens is 431 g/mol. The number of benzene rings is 1. The molecule has 2 aliphatic rings. The summed E-state index contributed by atoms with van der Waals surface area (Å²) in [7, 11) is 0. The number of rotatable bonds is 6. The Hall–Kier alpha value is -3.49. The molecule has 6 nitrogen and oxygen atoms in total. The highest BCUT2D eigenvalue weighted by molar-refractivity contribution is 6.27. The van der Waals surface area contributed by atoms with Crippen LogP contribution in [-0.4, -0.2) is 38.6 Å². The van der Waals surface area contributed by atoms with Gasteiger partial charge in [0.05, 0.1) is 18.4 Å². The molecule has 2 aromatic heterocycles. The van der Waals surface area contributed by atoms with Crippen LogP contribution < -0.4 is 5.32 Å². The maximum Gasteiger partial charge on any atom is 0.433 e. The molecule has 1 aliphatic carbocycles. The lowest BCUT2D eigenvalue weighted by Crippen LogP contribution is -2.23. The predicted octanol–water partition coefficient (Wildman–Crippen LogP) is 5.55. The third kappa shape index (κ3) is 4.03. The van der Waals surface area contributed by atoms with E-state index in [1.54, 1.807) is 10.6 Å². The third-order valence-corrected chi connectivity index (χ3v) is 6.26. The lowest BCUT2D eigenvalue weighted by molar-refractivity contribution is -0.0571. The summed E-state index contributed by atoms with van der Waals surface area (Å²) in [5, 5.41) is 3.18. The number of carbonyl (C=O) groups is 1. The van der Waals surface area contributed by atoms with Gasteiger partial charge in [-0.1, -0.05) is 25.3 Å². The van der Waals surface area contributed by atoms with E-state index >= 15 is 0 Å². The van der Waals surface area contributed by atoms with Gasteiger partial charge < -0.3 is 5.32 Å². The molecule has 3 heterocycles. The number of Topliss-reactive ketones (excluding diaryl/α,β-unsaturated/α-hetero) is 1. The van der Waals surface area contributed by atoms with Crippen molar-refractivity contribution in [2.75, 3.05) is 11.9 Å². The average Bonchev–Trinajstić information content (AvgIpc) is 3.38. The first-order valence-corrected chi connectivity index (χ1v) is 10.9. The number of ketones is 1. The summed E-state index contributed by atoms with van der Waals surface area (Å²) in [6, 6.07) is 5.49. The monoisotopic (exact) mass is 453 g/mol. The Morgan fingerprint density at radius 2 is 2.06 bits per heavy atom. The number of halogens is 3. The second-order valence-electron chi connectivity index (χ2n) is 8.50. The Morgan fingerprint density at radius 1 is 1.24 bits per heavy atom. The number of imidazole rings is 1. The SMILES string of the molecule is Cc1cc(Nc2nccn3c(C4=CCN=C4C(F)(F)F)cnc23)ccc1C(=O)CC1CCC1. The largest absolute Gasteiger partial charge is 0.433 e. The van der Waals surface area contributed by atoms with Gasteiger partial charge in [0.15, 0.2) is 17.2 Å². The summed E-state index contributed by atoms with van der Waals surface area (Å²) in [6.07, 6.45) is 5.43. The third-order valence-electron chi connectivity index (χ3n) is 6.26. The molecular formula is C24H22F3N5O. The molecule has 1 aromatic carbocycles. The fourth-order valence-corrected chi connectivity index (χ4v) is 4.35. The Kier molecular flexibility index (Phi) is 5.26. The van der Waals surface area contributed by atoms with E-state index in [0.29, 0.717) is 35.1 Å². The number of aromatic nitrogens is 3. The maximum absolute atomic E-state index is 13.3. The first-order valence-electron chi connectivity index (χ1n) is 10.9. The highest BCUT2D eigenvalue weighted by atomic mass is 19.4. The van der Waals surface area contributed by atoms with Crippen molar-refractivity contribution < 1.29 is 18.0 Å². The minimum absolute atomic E-state index is 0.0114. The van der Waals surface area contributed by atoms with Crippen molar-refractivity contribution in [3.8, 4) is 0 Å². The van der Waals surface area contributed by atoms with Crippen molar-refractivity contribution in [3.63, 3.8) is 0 Å². The van der Waals surface area contributed by atoms with Crippen LogP contribution in [0.15, 0.2) is 47.9 Å². The number of hydrogen-bond donors (Lipinski definition) is 1. The number of allylic oxidation sites excluding steroid dienone is 1. The van der Waals surface area contributed by atoms with Gasteiger partial charge in [-0.15, -0.1) is 0 Å². The topological polar surface area (TPSA) is 71.7 Å². The molecule has 1 N–H and O–H groups in total. The van der Waals surface area contributed by atoms with Gasteiger partial charge >= 0.3 is 6.18 Å². The van der Waals surface area contributed by atoms with Gasteiger partial charge in [0.25, 0.3) is 0 Å². The Balaban J connectivity index is 1.41. The highest BCUT2D eigenvalue weighted by Gasteiger charge is 2.40. The summed E-state index contributed by atoms with van der Waals surface area (Å²) in [5.41, 5.74) is 2.11. The van der Waals surface area contributed by atoms with Gasteiger partial charge in [-0.05, 0) is 36.6 Å². The van der Waals surface area contributed by atoms with Gasteiger partial charge in [0.2, 0.25) is 0 Å². The quantitative estimate of drug-likeness (QED) is 0.497. The van der Waals surface area contributed by atoms with Crippen molar-refractivity contribution in [1.82, 2.24) is 14.4 Å². The minimum atomic E-state index is -4.53. The number of nitrogens with one attached hydrogen (secondary N) is 1. The van der Waals surface area contributed by atoms with E-state index in [1.807, 2.05) is 25.1 Å². The van der Waals surface area contributed by atoms with Crippen molar-refractivity contribution in [2.45, 2.75) is 38.8 Å². The fourth-order valence-electron chi connectivity index (χ4n) is 4.35. The number of nitrogens with zero attached hydrogens (tertiary/aromatic N) is 4. The standard InChI is InChI=1S/C24H22F3N5O/c1-14-11-16(5-6-17(14)20(33)12-15-3-2-4-15)31-22-23-30-13-19(32(23)10-9-29-22)18-7-8-28-21(18)24(25,26)27/h5-7,9-11,13,15H,2-4,8,12H2,1H3,(H,29,31). The van der Waals surface area contributed by atoms with Crippen LogP contribution in [0.2, 0.25) is 0 Å². The zero-order valence-corrected chi connectivity index (χ0v) is 18.0. The van der Waals surface area contributed by atoms with Gasteiger partial charge in [-0.25, -0.2) is 9.97 Å². The van der Waals surface area contributed by atoms with Crippen LogP contribution in [0.3, 0.4) is 0 Å². The molecule has 3 aromatic rings. The highest BCUT2D eigenvalue weighted by Crippen LogP contribution is 2.33. The van der Waals surface area contributed by atoms with Gasteiger partial charge in [-0.2, -0.15) is 13.2 Å². The lowest BCUT2D eigenvalue weighted by Gasteiger charge is -2.24. The molecule has 0 radical (unpaired) electrons. The van der Waals surface area contributed by atoms with E-state index in [0.717, 1.165) is 24.1 Å². The van der Waals surface area contributed by atoms with Gasteiger partial charge in [0.1, 0.15) is 5.71 Å². The summed E-state index contributed by atoms with van der Waals surface area (Å²) in [5.74, 6) is 1.07. The van der Waals surface area contributed by atoms with Crippen molar-refractivity contribution in [1.29, 1.82) is 0 Å². The van der Waals surface area contributed by atoms with Crippen LogP contribution in [0.4, 0.5) is 24.7 Å². The predicted molar refractivity (Wildman–Crippen MR) is 120 cm³/mol. The first-order chi connectivity index (χ1) is 15.8. The molecule has 1 aliphatic heterocycles. The number of aliphatic imine (C=N–C) groups is 1. The zero-order valence-electron chi connectivity index (χ0n) is 18.0. The number of anilines is 2. The molecule has 0 saturated heterocycles. The number of fused-ring (bicyclic) bond motifs is 1. The molecule has 9 heteroatoms. The second kappa shape index (κ2) is 8.13. The molecule has 0 unspecified atom stereocenters. The minimum Gasteiger partial charge on any atom is -0.337 e. The van der Waals surface area contributed by atoms with Crippen LogP contribution in [0.1, 0.15) is 47.3 Å². The normalized spacial score (nSPS) is 16.5. The van der Waals surface area contributed by atoms with Crippen LogP contribution in [0, 0.1) is 12.8 Å². The van der Waals surface area contributed by atoms with Crippen molar-refractivity contribution in [2.24, 2.45) is 10.9 Å². The van der Waals surface area contributed by atoms with E-state index in [2.05, 4.69) is 20.3 Å². The van der Waals surface area contributed by atoms with E-state index < -0.39 is 11.9 Å². The number of aryl methyl sites for hydroxylation is 1. The Morgan fingerprint density at radius 3 is 2.76 bits per heavy atom. The molecule has 170 valence electrons. The van der Waals surface area contributed by atoms with E-state index in [1.165, 1.54) is 24.9 Å². The van der Waals surface area contributed by atoms with E-state index in [-0.39, 0.29) is 17.9 Å². The molecule has 1 saturated carbocycles. The summed E-state index contributed by atoms with van der Waals surface area (Å²) < 4.78 is 41.6. The number of hydrogen-bond acceptors (Lipinski definition) is 5. The van der Waals surface area contributed by atoms with Crippen LogP contribution in [0.5, 0.6) is 0 Å². The molecule has 1 fully saturated rings. The van der Waals surface area contributed by atoms with Gasteiger partial charge in [0, 0.05) is 35.6 Å². The molecule has 0 spiro atoms. The van der Waals surface area contributed by atoms with E-state index in [4.69, 9.17) is 0 Å². The number of carbonyl (C=O) groups excluding carboxylic acids is 1. The van der Waals surface area contributed by atoms with Crippen LogP contribution >= 0.6 is 0 Å². The van der Waals surface area contributed by atoms with Gasteiger partial charge in [-0.3, -0.25) is 14.2 Å². The van der Waals surface area contributed by atoms with Crippen LogP contribution in [0.25, 0.3) is 11.2 Å². The molecule has 0 bridgehead atoms. The first kappa shape index (κ1) is 21.4. The zero-order chi connectivity index (χ0) is 23.2. The molecule has 0 atom stereocenters. The number of alkyl halides is 3. The van der Waals surface area contributed by atoms with Crippen molar-refractivity contribution >= 4 is 34.2 Å².